The lowest BCUT2D eigenvalue weighted by molar-refractivity contribution is -0.130. The van der Waals surface area contributed by atoms with Gasteiger partial charge in [-0.2, -0.15) is 0 Å². The maximum absolute atomic E-state index is 12.7. The predicted molar refractivity (Wildman–Crippen MR) is 102 cm³/mol. The average Bonchev–Trinajstić information content (AvgIpc) is 3.43. The zero-order chi connectivity index (χ0) is 18.7. The molecule has 1 N–H and O–H groups in total. The van der Waals surface area contributed by atoms with Gasteiger partial charge in [0.2, 0.25) is 5.91 Å². The van der Waals surface area contributed by atoms with E-state index in [1.54, 1.807) is 44.4 Å². The second-order valence-corrected chi connectivity index (χ2v) is 7.08. The van der Waals surface area contributed by atoms with Crippen LogP contribution in [0, 0.1) is 0 Å². The highest BCUT2D eigenvalue weighted by molar-refractivity contribution is 6.30. The molecule has 0 unspecified atom stereocenters. The first-order valence-corrected chi connectivity index (χ1v) is 8.79. The molecule has 0 atom stereocenters. The van der Waals surface area contributed by atoms with Crippen molar-refractivity contribution >= 4 is 29.1 Å². The minimum Gasteiger partial charge on any atom is -0.484 e. The molecule has 0 aliphatic heterocycles. The molecule has 3 rings (SSSR count). The van der Waals surface area contributed by atoms with Crippen molar-refractivity contribution in [1.82, 2.24) is 4.90 Å². The molecule has 0 spiro atoms. The zero-order valence-electron chi connectivity index (χ0n) is 14.8. The van der Waals surface area contributed by atoms with Crippen molar-refractivity contribution in [2.24, 2.45) is 0 Å². The molecule has 1 saturated carbocycles. The molecular weight excluding hydrogens is 352 g/mol. The van der Waals surface area contributed by atoms with E-state index in [9.17, 15) is 9.59 Å². The second-order valence-electron chi connectivity index (χ2n) is 6.65. The third-order valence-electron chi connectivity index (χ3n) is 4.54. The number of benzene rings is 2. The van der Waals surface area contributed by atoms with E-state index in [4.69, 9.17) is 16.3 Å². The number of amides is 2. The molecule has 0 saturated heterocycles. The number of carbonyl (C=O) groups excluding carboxylic acids is 2. The molecule has 136 valence electrons. The summed E-state index contributed by atoms with van der Waals surface area (Å²) in [5, 5.41) is 3.59. The fraction of sp³-hybridized carbons (Fsp3) is 0.300. The van der Waals surface area contributed by atoms with E-state index in [0.29, 0.717) is 16.5 Å². The van der Waals surface area contributed by atoms with Gasteiger partial charge in [0.1, 0.15) is 5.75 Å². The number of nitrogens with one attached hydrogen (secondary N) is 1. The summed E-state index contributed by atoms with van der Waals surface area (Å²) in [7, 11) is 3.36. The molecule has 0 aromatic heterocycles. The van der Waals surface area contributed by atoms with Gasteiger partial charge in [-0.1, -0.05) is 23.7 Å². The molecule has 26 heavy (non-hydrogen) atoms. The standard InChI is InChI=1S/C20H21ClN2O3/c1-23(2)18(24)13-26-17-8-6-16(7-9-17)22-19(25)20(10-11-20)14-4-3-5-15(21)12-14/h3-9,12H,10-11,13H2,1-2H3,(H,22,25). The number of ether oxygens (including phenoxy) is 1. The van der Waals surface area contributed by atoms with Gasteiger partial charge >= 0.3 is 0 Å². The SMILES string of the molecule is CN(C)C(=O)COc1ccc(NC(=O)C2(c3cccc(Cl)c3)CC2)cc1. The fourth-order valence-corrected chi connectivity index (χ4v) is 2.91. The molecule has 0 heterocycles. The number of hydrogen-bond acceptors (Lipinski definition) is 3. The summed E-state index contributed by atoms with van der Waals surface area (Å²) >= 11 is 6.06. The molecule has 2 aromatic rings. The Bertz CT molecular complexity index is 814. The topological polar surface area (TPSA) is 58.6 Å². The van der Waals surface area contributed by atoms with Crippen LogP contribution in [0.2, 0.25) is 5.02 Å². The molecule has 0 bridgehead atoms. The largest absolute Gasteiger partial charge is 0.484 e. The number of halogens is 1. The number of rotatable bonds is 6. The fourth-order valence-electron chi connectivity index (χ4n) is 2.72. The maximum atomic E-state index is 12.7. The van der Waals surface area contributed by atoms with Gasteiger partial charge in [0.05, 0.1) is 5.41 Å². The highest BCUT2D eigenvalue weighted by Crippen LogP contribution is 2.49. The van der Waals surface area contributed by atoms with Crippen molar-refractivity contribution in [2.75, 3.05) is 26.0 Å². The molecule has 1 aliphatic rings. The Hall–Kier alpha value is -2.53. The first-order valence-electron chi connectivity index (χ1n) is 8.41. The molecule has 6 heteroatoms. The summed E-state index contributed by atoms with van der Waals surface area (Å²) in [5.74, 6) is 0.435. The lowest BCUT2D eigenvalue weighted by Crippen LogP contribution is -2.28. The van der Waals surface area contributed by atoms with E-state index in [2.05, 4.69) is 5.32 Å². The van der Waals surface area contributed by atoms with Crippen molar-refractivity contribution < 1.29 is 14.3 Å². The van der Waals surface area contributed by atoms with Crippen LogP contribution in [0.15, 0.2) is 48.5 Å². The number of anilines is 1. The number of carbonyl (C=O) groups is 2. The van der Waals surface area contributed by atoms with Crippen LogP contribution in [-0.4, -0.2) is 37.4 Å². The molecule has 2 aromatic carbocycles. The van der Waals surface area contributed by atoms with Crippen LogP contribution in [0.5, 0.6) is 5.75 Å². The van der Waals surface area contributed by atoms with E-state index in [0.717, 1.165) is 18.4 Å². The Balaban J connectivity index is 1.62. The van der Waals surface area contributed by atoms with Crippen molar-refractivity contribution in [2.45, 2.75) is 18.3 Å². The summed E-state index contributed by atoms with van der Waals surface area (Å²) in [5.41, 5.74) is 1.15. The van der Waals surface area contributed by atoms with E-state index < -0.39 is 5.41 Å². The summed E-state index contributed by atoms with van der Waals surface area (Å²) < 4.78 is 5.43. The van der Waals surface area contributed by atoms with E-state index >= 15 is 0 Å². The Kier molecular flexibility index (Phi) is 5.18. The van der Waals surface area contributed by atoms with Crippen LogP contribution >= 0.6 is 11.6 Å². The molecule has 5 nitrogen and oxygen atoms in total. The van der Waals surface area contributed by atoms with Crippen LogP contribution in [0.4, 0.5) is 5.69 Å². The first kappa shape index (κ1) is 18.3. The van der Waals surface area contributed by atoms with Gasteiger partial charge in [0, 0.05) is 24.8 Å². The van der Waals surface area contributed by atoms with Crippen LogP contribution in [0.1, 0.15) is 18.4 Å². The molecule has 0 radical (unpaired) electrons. The number of nitrogens with zero attached hydrogens (tertiary/aromatic N) is 1. The van der Waals surface area contributed by atoms with E-state index in [1.807, 2.05) is 18.2 Å². The van der Waals surface area contributed by atoms with Crippen molar-refractivity contribution in [3.05, 3.63) is 59.1 Å². The van der Waals surface area contributed by atoms with Gasteiger partial charge in [-0.15, -0.1) is 0 Å². The molecule has 1 fully saturated rings. The van der Waals surface area contributed by atoms with Gasteiger partial charge in [-0.05, 0) is 54.8 Å². The van der Waals surface area contributed by atoms with Crippen LogP contribution in [0.3, 0.4) is 0 Å². The normalized spacial score (nSPS) is 14.4. The van der Waals surface area contributed by atoms with Gasteiger partial charge in [0.25, 0.3) is 5.91 Å². The third-order valence-corrected chi connectivity index (χ3v) is 4.77. The summed E-state index contributed by atoms with van der Waals surface area (Å²) in [6.07, 6.45) is 1.63. The monoisotopic (exact) mass is 372 g/mol. The Morgan fingerprint density at radius 3 is 2.42 bits per heavy atom. The van der Waals surface area contributed by atoms with Crippen LogP contribution < -0.4 is 10.1 Å². The van der Waals surface area contributed by atoms with Crippen molar-refractivity contribution in [3.63, 3.8) is 0 Å². The lowest BCUT2D eigenvalue weighted by Gasteiger charge is -2.16. The Morgan fingerprint density at radius 2 is 1.85 bits per heavy atom. The smallest absolute Gasteiger partial charge is 0.259 e. The minimum atomic E-state index is -0.488. The molecule has 1 aliphatic carbocycles. The lowest BCUT2D eigenvalue weighted by atomic mass is 9.95. The third kappa shape index (κ3) is 3.99. The highest BCUT2D eigenvalue weighted by atomic mass is 35.5. The predicted octanol–water partition coefficient (Wildman–Crippen LogP) is 3.48. The van der Waals surface area contributed by atoms with Gasteiger partial charge in [-0.25, -0.2) is 0 Å². The quantitative estimate of drug-likeness (QED) is 0.844. The molecule has 2 amide bonds. The Labute approximate surface area is 157 Å². The van der Waals surface area contributed by atoms with Crippen LogP contribution in [-0.2, 0) is 15.0 Å². The minimum absolute atomic E-state index is 0.0173. The number of likely N-dealkylation sites (N-methyl/N-ethyl adjacent to an activating group) is 1. The van der Waals surface area contributed by atoms with E-state index in [1.165, 1.54) is 4.90 Å². The van der Waals surface area contributed by atoms with Crippen LogP contribution in [0.25, 0.3) is 0 Å². The molecular formula is C20H21ClN2O3. The van der Waals surface area contributed by atoms with Crippen molar-refractivity contribution in [3.8, 4) is 5.75 Å². The van der Waals surface area contributed by atoms with Gasteiger partial charge in [-0.3, -0.25) is 9.59 Å². The number of hydrogen-bond donors (Lipinski definition) is 1. The maximum Gasteiger partial charge on any atom is 0.259 e. The Morgan fingerprint density at radius 1 is 1.15 bits per heavy atom. The zero-order valence-corrected chi connectivity index (χ0v) is 15.5. The summed E-state index contributed by atoms with van der Waals surface area (Å²) in [4.78, 5) is 25.8. The summed E-state index contributed by atoms with van der Waals surface area (Å²) in [6.45, 7) is -0.0173. The van der Waals surface area contributed by atoms with Crippen molar-refractivity contribution in [1.29, 1.82) is 0 Å². The highest BCUT2D eigenvalue weighted by Gasteiger charge is 2.51. The summed E-state index contributed by atoms with van der Waals surface area (Å²) in [6, 6.07) is 14.5. The van der Waals surface area contributed by atoms with Gasteiger partial charge in [0.15, 0.2) is 6.61 Å². The average molecular weight is 373 g/mol. The first-order chi connectivity index (χ1) is 12.4. The van der Waals surface area contributed by atoms with Gasteiger partial charge < -0.3 is 15.0 Å². The van der Waals surface area contributed by atoms with E-state index in [-0.39, 0.29) is 18.4 Å². The second kappa shape index (κ2) is 7.38.